The Morgan fingerprint density at radius 3 is 2.96 bits per heavy atom. The summed E-state index contributed by atoms with van der Waals surface area (Å²) in [5.74, 6) is 0.598. The van der Waals surface area contributed by atoms with Gasteiger partial charge in [-0.25, -0.2) is 4.68 Å². The van der Waals surface area contributed by atoms with Crippen molar-refractivity contribution in [2.75, 3.05) is 19.6 Å². The van der Waals surface area contributed by atoms with E-state index in [2.05, 4.69) is 10.4 Å². The highest BCUT2D eigenvalue weighted by Crippen LogP contribution is 2.24. The molecule has 3 aromatic rings. The molecule has 4 heterocycles. The van der Waals surface area contributed by atoms with Crippen LogP contribution in [0.2, 0.25) is 0 Å². The molecule has 1 N–H and O–H groups in total. The lowest BCUT2D eigenvalue weighted by atomic mass is 10.4. The van der Waals surface area contributed by atoms with E-state index in [4.69, 9.17) is 0 Å². The number of carbonyl (C=O) groups excluding carboxylic acids is 2. The molecule has 3 aromatic heterocycles. The number of hydrogen-bond acceptors (Lipinski definition) is 5. The number of fused-ring (bicyclic) bond motifs is 3. The minimum Gasteiger partial charge on any atom is -0.354 e. The van der Waals surface area contributed by atoms with Gasteiger partial charge in [-0.05, 0) is 37.3 Å². The molecule has 8 nitrogen and oxygen atoms in total. The van der Waals surface area contributed by atoms with E-state index in [1.54, 1.807) is 11.3 Å². The maximum Gasteiger partial charge on any atom is 0.291 e. The summed E-state index contributed by atoms with van der Waals surface area (Å²) in [4.78, 5) is 38.3. The molecule has 4 rings (SSSR count). The van der Waals surface area contributed by atoms with Gasteiger partial charge >= 0.3 is 0 Å². The topological polar surface area (TPSA) is 88.7 Å². The summed E-state index contributed by atoms with van der Waals surface area (Å²) in [7, 11) is 0. The van der Waals surface area contributed by atoms with Gasteiger partial charge in [0.05, 0.1) is 10.2 Å². The van der Waals surface area contributed by atoms with Crippen molar-refractivity contribution in [3.05, 3.63) is 33.7 Å². The summed E-state index contributed by atoms with van der Waals surface area (Å²) in [6.45, 7) is 3.64. The summed E-state index contributed by atoms with van der Waals surface area (Å²) in [6.07, 6.45) is 2.24. The molecule has 0 saturated carbocycles. The minimum atomic E-state index is -0.276. The molecular formula is C18H21N5O3S. The van der Waals surface area contributed by atoms with Gasteiger partial charge in [0.25, 0.3) is 5.56 Å². The Morgan fingerprint density at radius 1 is 1.33 bits per heavy atom. The van der Waals surface area contributed by atoms with Crippen molar-refractivity contribution in [3.8, 4) is 0 Å². The SMILES string of the molecule is Cc1nn(CC(=O)NCCCN2CCCC2=O)c(=O)c2cc3sccc3n12. The van der Waals surface area contributed by atoms with Gasteiger partial charge in [-0.3, -0.25) is 18.8 Å². The van der Waals surface area contributed by atoms with Crippen LogP contribution in [0.4, 0.5) is 0 Å². The van der Waals surface area contributed by atoms with Crippen LogP contribution in [0, 0.1) is 6.92 Å². The van der Waals surface area contributed by atoms with E-state index in [0.29, 0.717) is 37.3 Å². The Kier molecular flexibility index (Phi) is 4.69. The molecule has 0 aliphatic carbocycles. The van der Waals surface area contributed by atoms with Crippen molar-refractivity contribution in [2.45, 2.75) is 32.7 Å². The molecule has 9 heteroatoms. The van der Waals surface area contributed by atoms with Gasteiger partial charge in [0.1, 0.15) is 17.9 Å². The first-order valence-corrected chi connectivity index (χ1v) is 9.93. The average molecular weight is 387 g/mol. The number of carbonyl (C=O) groups is 2. The van der Waals surface area contributed by atoms with Crippen molar-refractivity contribution in [3.63, 3.8) is 0 Å². The Hall–Kier alpha value is -2.68. The third kappa shape index (κ3) is 3.34. The van der Waals surface area contributed by atoms with Gasteiger partial charge in [0.2, 0.25) is 11.8 Å². The van der Waals surface area contributed by atoms with Crippen molar-refractivity contribution in [2.24, 2.45) is 0 Å². The molecule has 1 fully saturated rings. The van der Waals surface area contributed by atoms with Crippen LogP contribution in [-0.4, -0.2) is 50.5 Å². The molecule has 1 aliphatic rings. The molecule has 2 amide bonds. The number of amides is 2. The smallest absolute Gasteiger partial charge is 0.291 e. The first-order valence-electron chi connectivity index (χ1n) is 9.05. The van der Waals surface area contributed by atoms with E-state index >= 15 is 0 Å². The van der Waals surface area contributed by atoms with E-state index < -0.39 is 0 Å². The molecule has 0 spiro atoms. The van der Waals surface area contributed by atoms with E-state index in [-0.39, 0.29) is 23.9 Å². The summed E-state index contributed by atoms with van der Waals surface area (Å²) in [5, 5.41) is 9.08. The number of hydrogen-bond donors (Lipinski definition) is 1. The zero-order valence-electron chi connectivity index (χ0n) is 15.1. The molecule has 1 saturated heterocycles. The maximum absolute atomic E-state index is 12.7. The molecular weight excluding hydrogens is 366 g/mol. The molecule has 0 bridgehead atoms. The van der Waals surface area contributed by atoms with E-state index in [0.717, 1.165) is 23.2 Å². The molecule has 0 radical (unpaired) electrons. The second-order valence-corrected chi connectivity index (χ2v) is 7.68. The van der Waals surface area contributed by atoms with Gasteiger partial charge in [-0.15, -0.1) is 11.3 Å². The number of aromatic nitrogens is 3. The molecule has 27 heavy (non-hydrogen) atoms. The largest absolute Gasteiger partial charge is 0.354 e. The zero-order chi connectivity index (χ0) is 19.0. The van der Waals surface area contributed by atoms with Gasteiger partial charge in [0.15, 0.2) is 0 Å². The van der Waals surface area contributed by atoms with Crippen molar-refractivity contribution in [1.29, 1.82) is 0 Å². The molecule has 142 valence electrons. The lowest BCUT2D eigenvalue weighted by Crippen LogP contribution is -2.36. The fourth-order valence-corrected chi connectivity index (χ4v) is 4.37. The Balaban J connectivity index is 1.40. The van der Waals surface area contributed by atoms with E-state index in [1.807, 2.05) is 33.7 Å². The van der Waals surface area contributed by atoms with Crippen LogP contribution < -0.4 is 10.9 Å². The first-order chi connectivity index (χ1) is 13.0. The summed E-state index contributed by atoms with van der Waals surface area (Å²) >= 11 is 1.57. The van der Waals surface area contributed by atoms with Crippen LogP contribution in [0.25, 0.3) is 15.7 Å². The Bertz CT molecular complexity index is 1080. The van der Waals surface area contributed by atoms with Crippen LogP contribution in [0.5, 0.6) is 0 Å². The highest BCUT2D eigenvalue weighted by atomic mass is 32.1. The molecule has 0 atom stereocenters. The van der Waals surface area contributed by atoms with Gasteiger partial charge in [-0.2, -0.15) is 5.10 Å². The van der Waals surface area contributed by atoms with E-state index in [9.17, 15) is 14.4 Å². The second kappa shape index (κ2) is 7.15. The Labute approximate surface area is 159 Å². The highest BCUT2D eigenvalue weighted by molar-refractivity contribution is 7.17. The predicted molar refractivity (Wildman–Crippen MR) is 103 cm³/mol. The van der Waals surface area contributed by atoms with E-state index in [1.165, 1.54) is 4.68 Å². The second-order valence-electron chi connectivity index (χ2n) is 6.73. The minimum absolute atomic E-state index is 0.113. The first kappa shape index (κ1) is 17.7. The maximum atomic E-state index is 12.7. The fraction of sp³-hybridized carbons (Fsp3) is 0.444. The highest BCUT2D eigenvalue weighted by Gasteiger charge is 2.19. The van der Waals surface area contributed by atoms with Crippen molar-refractivity contribution in [1.82, 2.24) is 24.4 Å². The monoisotopic (exact) mass is 387 g/mol. The van der Waals surface area contributed by atoms with Crippen LogP contribution >= 0.6 is 11.3 Å². The third-order valence-corrected chi connectivity index (χ3v) is 5.71. The number of thiophene rings is 1. The molecule has 0 unspecified atom stereocenters. The number of rotatable bonds is 6. The lowest BCUT2D eigenvalue weighted by molar-refractivity contribution is -0.127. The predicted octanol–water partition coefficient (Wildman–Crippen LogP) is 1.15. The van der Waals surface area contributed by atoms with Gasteiger partial charge in [0, 0.05) is 26.1 Å². The average Bonchev–Trinajstić information content (AvgIpc) is 3.32. The standard InChI is InChI=1S/C18H21N5O3S/c1-12-20-22(18(26)14-10-15-13(23(12)14)5-9-27-15)11-16(24)19-6-3-8-21-7-2-4-17(21)25/h5,9-10H,2-4,6-8,11H2,1H3,(H,19,24). The third-order valence-electron chi connectivity index (χ3n) is 4.86. The Morgan fingerprint density at radius 2 is 2.19 bits per heavy atom. The number of nitrogens with one attached hydrogen (secondary N) is 1. The van der Waals surface area contributed by atoms with Crippen LogP contribution in [0.1, 0.15) is 25.1 Å². The number of likely N-dealkylation sites (tertiary alicyclic amines) is 1. The van der Waals surface area contributed by atoms with Crippen LogP contribution in [0.15, 0.2) is 22.3 Å². The quantitative estimate of drug-likeness (QED) is 0.643. The number of nitrogens with zero attached hydrogens (tertiary/aromatic N) is 4. The summed E-state index contributed by atoms with van der Waals surface area (Å²) < 4.78 is 4.07. The molecule has 0 aromatic carbocycles. The lowest BCUT2D eigenvalue weighted by Gasteiger charge is -2.15. The molecule has 1 aliphatic heterocycles. The summed E-state index contributed by atoms with van der Waals surface area (Å²) in [6, 6.07) is 3.81. The van der Waals surface area contributed by atoms with Crippen molar-refractivity contribution < 1.29 is 9.59 Å². The zero-order valence-corrected chi connectivity index (χ0v) is 15.9. The normalized spacial score (nSPS) is 14.6. The van der Waals surface area contributed by atoms with Gasteiger partial charge in [-0.1, -0.05) is 0 Å². The van der Waals surface area contributed by atoms with Crippen molar-refractivity contribution >= 4 is 38.9 Å². The number of aryl methyl sites for hydroxylation is 1. The van der Waals surface area contributed by atoms with Crippen LogP contribution in [0.3, 0.4) is 0 Å². The fourth-order valence-electron chi connectivity index (χ4n) is 3.57. The van der Waals surface area contributed by atoms with Crippen LogP contribution in [-0.2, 0) is 16.1 Å². The van der Waals surface area contributed by atoms with Gasteiger partial charge < -0.3 is 10.2 Å². The summed E-state index contributed by atoms with van der Waals surface area (Å²) in [5.41, 5.74) is 1.22.